The van der Waals surface area contributed by atoms with Gasteiger partial charge in [0.15, 0.2) is 16.6 Å². The first-order valence-corrected chi connectivity index (χ1v) is 17.7. The maximum absolute atomic E-state index is 12.2. The fraction of sp³-hybridized carbons (Fsp3) is 0.917. The monoisotopic (exact) mass is 488 g/mol. The highest BCUT2D eigenvalue weighted by Gasteiger charge is 2.49. The Labute approximate surface area is 198 Å². The van der Waals surface area contributed by atoms with Crippen molar-refractivity contribution in [1.29, 1.82) is 0 Å². The Morgan fingerprint density at radius 3 is 1.88 bits per heavy atom. The zero-order valence-electron chi connectivity index (χ0n) is 22.5. The number of hydrogen-bond donors (Lipinski definition) is 0. The molecule has 0 saturated carbocycles. The second-order valence-corrected chi connectivity index (χ2v) is 21.9. The van der Waals surface area contributed by atoms with E-state index in [-0.39, 0.29) is 46.7 Å². The molecule has 1 aliphatic heterocycles. The van der Waals surface area contributed by atoms with E-state index in [1.807, 2.05) is 6.92 Å². The summed E-state index contributed by atoms with van der Waals surface area (Å²) in [6, 6.07) is 0. The van der Waals surface area contributed by atoms with Crippen LogP contribution >= 0.6 is 0 Å². The van der Waals surface area contributed by atoms with Crippen molar-refractivity contribution in [3.8, 4) is 0 Å². The van der Waals surface area contributed by atoms with E-state index in [4.69, 9.17) is 18.3 Å². The molecule has 1 saturated heterocycles. The van der Waals surface area contributed by atoms with E-state index in [1.165, 1.54) is 7.11 Å². The Bertz CT molecular complexity index is 635. The van der Waals surface area contributed by atoms with Gasteiger partial charge in [-0.25, -0.2) is 0 Å². The van der Waals surface area contributed by atoms with Gasteiger partial charge in [-0.2, -0.15) is 0 Å². The number of ether oxygens (including phenoxy) is 2. The summed E-state index contributed by atoms with van der Waals surface area (Å²) in [7, 11) is -2.82. The van der Waals surface area contributed by atoms with Gasteiger partial charge in [0.05, 0.1) is 37.9 Å². The summed E-state index contributed by atoms with van der Waals surface area (Å²) in [6.07, 6.45) is 0.963. The Hall–Kier alpha value is -0.546. The van der Waals surface area contributed by atoms with Gasteiger partial charge >= 0.3 is 5.97 Å². The van der Waals surface area contributed by atoms with Gasteiger partial charge in [-0.3, -0.25) is 4.79 Å². The molecule has 0 radical (unpaired) electrons. The van der Waals surface area contributed by atoms with Crippen molar-refractivity contribution in [1.82, 2.24) is 0 Å². The first kappa shape index (κ1) is 29.5. The van der Waals surface area contributed by atoms with Crippen molar-refractivity contribution in [3.63, 3.8) is 0 Å². The van der Waals surface area contributed by atoms with Crippen molar-refractivity contribution in [3.05, 3.63) is 0 Å². The molecule has 0 spiro atoms. The molecule has 188 valence electrons. The largest absolute Gasteiger partial charge is 0.469 e. The summed E-state index contributed by atoms with van der Waals surface area (Å²) < 4.78 is 25.1. The SMILES string of the molecule is COC(=O)C[C@H]1O[C@@H]([C@@H](C)CC=O)[C@@H](O[Si](C)(C)C(C)(C)C)C[C@H]1O[Si](C)(C)C(C)(C)C. The summed E-state index contributed by atoms with van der Waals surface area (Å²) in [4.78, 5) is 23.5. The van der Waals surface area contributed by atoms with E-state index in [9.17, 15) is 9.59 Å². The van der Waals surface area contributed by atoms with Crippen LogP contribution in [-0.4, -0.2) is 60.4 Å². The van der Waals surface area contributed by atoms with Crippen LogP contribution in [0, 0.1) is 5.92 Å². The number of aldehydes is 1. The molecule has 1 fully saturated rings. The van der Waals surface area contributed by atoms with Gasteiger partial charge < -0.3 is 23.1 Å². The lowest BCUT2D eigenvalue weighted by Gasteiger charge is -2.50. The minimum absolute atomic E-state index is 0.0174. The average molecular weight is 489 g/mol. The molecule has 0 bridgehead atoms. The minimum atomic E-state index is -2.12. The molecule has 5 atom stereocenters. The van der Waals surface area contributed by atoms with Crippen LogP contribution < -0.4 is 0 Å². The second kappa shape index (κ2) is 10.8. The summed E-state index contributed by atoms with van der Waals surface area (Å²) in [5.74, 6) is -0.333. The van der Waals surface area contributed by atoms with Crippen molar-refractivity contribution in [2.45, 2.75) is 128 Å². The number of carbonyl (C=O) groups is 2. The highest BCUT2D eigenvalue weighted by atomic mass is 28.4. The number of esters is 1. The van der Waals surface area contributed by atoms with Crippen molar-refractivity contribution in [2.24, 2.45) is 5.92 Å². The molecule has 0 aromatic rings. The molecule has 0 aromatic heterocycles. The fourth-order valence-corrected chi connectivity index (χ4v) is 6.15. The Balaban J connectivity index is 3.34. The molecule has 1 heterocycles. The molecule has 1 aliphatic rings. The maximum Gasteiger partial charge on any atom is 0.308 e. The summed E-state index contributed by atoms with van der Waals surface area (Å²) in [5, 5.41) is 0.0738. The molecule has 0 unspecified atom stereocenters. The molecule has 32 heavy (non-hydrogen) atoms. The molecular weight excluding hydrogens is 440 g/mol. The average Bonchev–Trinajstić information content (AvgIpc) is 2.61. The zero-order chi connectivity index (χ0) is 25.1. The molecular formula is C24H48O6Si2. The summed E-state index contributed by atoms with van der Waals surface area (Å²) in [6.45, 7) is 24.2. The molecule has 0 aromatic carbocycles. The Kier molecular flexibility index (Phi) is 9.95. The number of methoxy groups -OCH3 is 1. The minimum Gasteiger partial charge on any atom is -0.469 e. The second-order valence-electron chi connectivity index (χ2n) is 12.4. The predicted molar refractivity (Wildman–Crippen MR) is 134 cm³/mol. The van der Waals surface area contributed by atoms with Crippen LogP contribution in [0.4, 0.5) is 0 Å². The van der Waals surface area contributed by atoms with E-state index in [1.54, 1.807) is 0 Å². The number of carbonyl (C=O) groups excluding carboxylic acids is 2. The van der Waals surface area contributed by atoms with Crippen molar-refractivity contribution < 1.29 is 27.9 Å². The van der Waals surface area contributed by atoms with Crippen LogP contribution in [0.25, 0.3) is 0 Å². The Morgan fingerprint density at radius 1 is 1.00 bits per heavy atom. The van der Waals surface area contributed by atoms with Crippen molar-refractivity contribution in [2.75, 3.05) is 7.11 Å². The standard InChI is InChI=1S/C24H48O6Si2/c1-17(13-14-25)22-20(30-32(11,12)24(5,6)7)15-19(18(28-22)16-21(26)27-8)29-31(9,10)23(2,3)4/h14,17-20,22H,13,15-16H2,1-12H3/t17-,18+,19+,20-,22-/m0/s1. The van der Waals surface area contributed by atoms with Gasteiger partial charge in [0.2, 0.25) is 0 Å². The van der Waals surface area contributed by atoms with Crippen LogP contribution in [-0.2, 0) is 27.9 Å². The van der Waals surface area contributed by atoms with Gasteiger partial charge in [-0.1, -0.05) is 48.5 Å². The first-order chi connectivity index (χ1) is 14.4. The summed E-state index contributed by atoms with van der Waals surface area (Å²) >= 11 is 0. The third kappa shape index (κ3) is 7.48. The molecule has 0 N–H and O–H groups in total. The Morgan fingerprint density at radius 2 is 1.47 bits per heavy atom. The van der Waals surface area contributed by atoms with E-state index in [0.29, 0.717) is 12.8 Å². The van der Waals surface area contributed by atoms with E-state index >= 15 is 0 Å². The zero-order valence-corrected chi connectivity index (χ0v) is 24.5. The molecule has 0 aliphatic carbocycles. The third-order valence-electron chi connectivity index (χ3n) is 7.71. The van der Waals surface area contributed by atoms with E-state index in [2.05, 4.69) is 67.7 Å². The van der Waals surface area contributed by atoms with Crippen LogP contribution in [0.1, 0.15) is 67.7 Å². The van der Waals surface area contributed by atoms with Gasteiger partial charge in [0.1, 0.15) is 6.29 Å². The maximum atomic E-state index is 12.2. The van der Waals surface area contributed by atoms with Crippen LogP contribution in [0.3, 0.4) is 0 Å². The van der Waals surface area contributed by atoms with Gasteiger partial charge in [0.25, 0.3) is 0 Å². The number of rotatable bonds is 9. The molecule has 0 amide bonds. The van der Waals surface area contributed by atoms with E-state index < -0.39 is 22.7 Å². The topological polar surface area (TPSA) is 71.1 Å². The smallest absolute Gasteiger partial charge is 0.308 e. The van der Waals surface area contributed by atoms with Gasteiger partial charge in [-0.05, 0) is 42.2 Å². The lowest BCUT2D eigenvalue weighted by Crippen LogP contribution is -2.58. The third-order valence-corrected chi connectivity index (χ3v) is 16.7. The number of hydrogen-bond acceptors (Lipinski definition) is 6. The first-order valence-electron chi connectivity index (χ1n) is 11.9. The molecule has 8 heteroatoms. The fourth-order valence-electron chi connectivity index (χ4n) is 3.46. The highest BCUT2D eigenvalue weighted by Crippen LogP contribution is 2.43. The van der Waals surface area contributed by atoms with Gasteiger partial charge in [-0.15, -0.1) is 0 Å². The lowest BCUT2D eigenvalue weighted by molar-refractivity contribution is -0.185. The molecule has 6 nitrogen and oxygen atoms in total. The van der Waals surface area contributed by atoms with Crippen LogP contribution in [0.2, 0.25) is 36.3 Å². The lowest BCUT2D eigenvalue weighted by atomic mass is 9.88. The van der Waals surface area contributed by atoms with Crippen molar-refractivity contribution >= 4 is 28.9 Å². The van der Waals surface area contributed by atoms with Crippen LogP contribution in [0.15, 0.2) is 0 Å². The van der Waals surface area contributed by atoms with Gasteiger partial charge in [0, 0.05) is 12.8 Å². The normalized spacial score (nSPS) is 26.5. The molecule has 1 rings (SSSR count). The predicted octanol–water partition coefficient (Wildman–Crippen LogP) is 5.71. The van der Waals surface area contributed by atoms with Crippen LogP contribution in [0.5, 0.6) is 0 Å². The quantitative estimate of drug-likeness (QED) is 0.235. The summed E-state index contributed by atoms with van der Waals surface area (Å²) in [5.41, 5.74) is 0. The highest BCUT2D eigenvalue weighted by molar-refractivity contribution is 6.74. The van der Waals surface area contributed by atoms with E-state index in [0.717, 1.165) is 6.29 Å².